The lowest BCUT2D eigenvalue weighted by Gasteiger charge is -2.35. The Kier molecular flexibility index (Phi) is 6.57. The summed E-state index contributed by atoms with van der Waals surface area (Å²) in [5.74, 6) is -1.09. The van der Waals surface area contributed by atoms with Gasteiger partial charge < -0.3 is 5.73 Å². The minimum Gasteiger partial charge on any atom is -0.368 e. The van der Waals surface area contributed by atoms with Gasteiger partial charge in [0.2, 0.25) is 15.9 Å². The molecule has 1 amide bonds. The van der Waals surface area contributed by atoms with E-state index < -0.39 is 41.0 Å². The Morgan fingerprint density at radius 2 is 1.85 bits per heavy atom. The number of hydrogen-bond acceptors (Lipinski definition) is 3. The molecule has 0 heterocycles. The molecule has 1 aliphatic rings. The van der Waals surface area contributed by atoms with E-state index in [1.807, 2.05) is 0 Å². The van der Waals surface area contributed by atoms with Gasteiger partial charge in [-0.05, 0) is 49.4 Å². The average Bonchev–Trinajstić information content (AvgIpc) is 2.47. The summed E-state index contributed by atoms with van der Waals surface area (Å²) in [5, 5.41) is 0.318. The Morgan fingerprint density at radius 1 is 1.27 bits per heavy atom. The van der Waals surface area contributed by atoms with Crippen LogP contribution in [0.3, 0.4) is 0 Å². The van der Waals surface area contributed by atoms with Crippen molar-refractivity contribution in [1.82, 2.24) is 4.31 Å². The van der Waals surface area contributed by atoms with Crippen LogP contribution in [0.1, 0.15) is 32.1 Å². The van der Waals surface area contributed by atoms with Crippen molar-refractivity contribution < 1.29 is 26.4 Å². The van der Waals surface area contributed by atoms with Crippen LogP contribution in [0.2, 0.25) is 5.02 Å². The minimum atomic E-state index is -4.51. The Morgan fingerprint density at radius 3 is 2.27 bits per heavy atom. The van der Waals surface area contributed by atoms with Crippen LogP contribution >= 0.6 is 11.6 Å². The molecule has 146 valence electrons. The van der Waals surface area contributed by atoms with E-state index in [0.29, 0.717) is 5.02 Å². The predicted molar refractivity (Wildman–Crippen MR) is 91.0 cm³/mol. The van der Waals surface area contributed by atoms with Crippen molar-refractivity contribution >= 4 is 27.5 Å². The summed E-state index contributed by atoms with van der Waals surface area (Å²) < 4.78 is 64.6. The number of nitrogens with zero attached hydrogens (tertiary/aromatic N) is 1. The first kappa shape index (κ1) is 21.0. The van der Waals surface area contributed by atoms with Gasteiger partial charge in [0.05, 0.1) is 4.90 Å². The molecule has 0 aliphatic heterocycles. The number of hydrogen-bond donors (Lipinski definition) is 1. The standard InChI is InChI=1S/C16H20ClF3N2O3S/c17-12-4-6-13(7-5-12)26(24,25)22(10-11-2-1-3-11)14(15(21)23)8-9-16(18,19)20/h4-7,11,14H,1-3,8-10H2,(H2,21,23)/t14-/m0/s1. The molecule has 1 aromatic rings. The fourth-order valence-electron chi connectivity index (χ4n) is 2.79. The van der Waals surface area contributed by atoms with Crippen molar-refractivity contribution in [3.63, 3.8) is 0 Å². The predicted octanol–water partition coefficient (Wildman–Crippen LogP) is 3.33. The van der Waals surface area contributed by atoms with Crippen molar-refractivity contribution in [2.24, 2.45) is 11.7 Å². The minimum absolute atomic E-state index is 0.00446. The Bertz CT molecular complexity index is 734. The number of rotatable bonds is 8. The van der Waals surface area contributed by atoms with E-state index in [1.54, 1.807) is 0 Å². The number of halogens is 4. The fourth-order valence-corrected chi connectivity index (χ4v) is 4.62. The largest absolute Gasteiger partial charge is 0.389 e. The highest BCUT2D eigenvalue weighted by Gasteiger charge is 2.39. The van der Waals surface area contributed by atoms with Gasteiger partial charge in [-0.25, -0.2) is 8.42 Å². The molecule has 26 heavy (non-hydrogen) atoms. The third kappa shape index (κ3) is 5.34. The molecule has 5 nitrogen and oxygen atoms in total. The zero-order valence-corrected chi connectivity index (χ0v) is 15.4. The van der Waals surface area contributed by atoms with E-state index in [9.17, 15) is 26.4 Å². The molecule has 2 N–H and O–H groups in total. The van der Waals surface area contributed by atoms with Crippen LogP contribution in [0, 0.1) is 5.92 Å². The van der Waals surface area contributed by atoms with Crippen LogP contribution < -0.4 is 5.73 Å². The molecule has 0 aromatic heterocycles. The lowest BCUT2D eigenvalue weighted by atomic mass is 9.85. The molecule has 10 heteroatoms. The molecule has 0 radical (unpaired) electrons. The second kappa shape index (κ2) is 8.14. The number of amides is 1. The Hall–Kier alpha value is -1.32. The SMILES string of the molecule is NC(=O)[C@H](CCC(F)(F)F)N(CC1CCC1)S(=O)(=O)c1ccc(Cl)cc1. The summed E-state index contributed by atoms with van der Waals surface area (Å²) in [7, 11) is -4.19. The monoisotopic (exact) mass is 412 g/mol. The van der Waals surface area contributed by atoms with Crippen LogP contribution in [-0.2, 0) is 14.8 Å². The fraction of sp³-hybridized carbons (Fsp3) is 0.562. The van der Waals surface area contributed by atoms with Crippen molar-refractivity contribution in [3.8, 4) is 0 Å². The molecule has 0 saturated heterocycles. The second-order valence-electron chi connectivity index (χ2n) is 6.40. The molecule has 1 aromatic carbocycles. The molecule has 0 bridgehead atoms. The van der Waals surface area contributed by atoms with Gasteiger partial charge in [-0.3, -0.25) is 4.79 Å². The molecule has 2 rings (SSSR count). The third-order valence-corrected chi connectivity index (χ3v) is 6.60. The normalized spacial score (nSPS) is 17.1. The Labute approximate surface area is 155 Å². The molecule has 1 aliphatic carbocycles. The first-order chi connectivity index (χ1) is 12.0. The average molecular weight is 413 g/mol. The first-order valence-corrected chi connectivity index (χ1v) is 9.96. The highest BCUT2D eigenvalue weighted by molar-refractivity contribution is 7.89. The second-order valence-corrected chi connectivity index (χ2v) is 8.72. The van der Waals surface area contributed by atoms with Gasteiger partial charge >= 0.3 is 6.18 Å². The van der Waals surface area contributed by atoms with Gasteiger partial charge in [-0.1, -0.05) is 18.0 Å². The van der Waals surface area contributed by atoms with Gasteiger partial charge in [0, 0.05) is 18.0 Å². The van der Waals surface area contributed by atoms with Crippen molar-refractivity contribution in [2.75, 3.05) is 6.54 Å². The molecule has 1 fully saturated rings. The summed E-state index contributed by atoms with van der Waals surface area (Å²) in [6.07, 6.45) is -4.08. The molecular formula is C16H20ClF3N2O3S. The highest BCUT2D eigenvalue weighted by atomic mass is 35.5. The van der Waals surface area contributed by atoms with Crippen LogP contribution in [0.15, 0.2) is 29.2 Å². The van der Waals surface area contributed by atoms with Gasteiger partial charge in [-0.2, -0.15) is 17.5 Å². The van der Waals surface area contributed by atoms with Crippen LogP contribution in [0.25, 0.3) is 0 Å². The van der Waals surface area contributed by atoms with E-state index in [1.165, 1.54) is 24.3 Å². The smallest absolute Gasteiger partial charge is 0.368 e. The van der Waals surface area contributed by atoms with Crippen LogP contribution in [0.4, 0.5) is 13.2 Å². The molecular weight excluding hydrogens is 393 g/mol. The van der Waals surface area contributed by atoms with Crippen molar-refractivity contribution in [3.05, 3.63) is 29.3 Å². The van der Waals surface area contributed by atoms with Crippen LogP contribution in [-0.4, -0.2) is 37.4 Å². The number of carbonyl (C=O) groups is 1. The summed E-state index contributed by atoms with van der Waals surface area (Å²) >= 11 is 5.76. The number of carbonyl (C=O) groups excluding carboxylic acids is 1. The lowest BCUT2D eigenvalue weighted by molar-refractivity contribution is -0.140. The van der Waals surface area contributed by atoms with E-state index >= 15 is 0 Å². The topological polar surface area (TPSA) is 80.5 Å². The summed E-state index contributed by atoms with van der Waals surface area (Å²) in [5.41, 5.74) is 5.27. The summed E-state index contributed by atoms with van der Waals surface area (Å²) in [6, 6.07) is 3.69. The summed E-state index contributed by atoms with van der Waals surface area (Å²) in [6.45, 7) is -0.0313. The van der Waals surface area contributed by atoms with Gasteiger partial charge in [0.1, 0.15) is 6.04 Å². The molecule has 1 atom stereocenters. The summed E-state index contributed by atoms with van der Waals surface area (Å²) in [4.78, 5) is 11.7. The first-order valence-electron chi connectivity index (χ1n) is 8.14. The zero-order chi connectivity index (χ0) is 19.5. The number of benzene rings is 1. The van der Waals surface area contributed by atoms with Gasteiger partial charge in [0.15, 0.2) is 0 Å². The quantitative estimate of drug-likeness (QED) is 0.711. The maximum Gasteiger partial charge on any atom is 0.389 e. The molecule has 0 unspecified atom stereocenters. The number of nitrogens with two attached hydrogens (primary N) is 1. The van der Waals surface area contributed by atoms with Gasteiger partial charge in [-0.15, -0.1) is 0 Å². The number of primary amides is 1. The van der Waals surface area contributed by atoms with Crippen molar-refractivity contribution in [2.45, 2.75) is 49.2 Å². The van der Waals surface area contributed by atoms with Crippen LogP contribution in [0.5, 0.6) is 0 Å². The lowest BCUT2D eigenvalue weighted by Crippen LogP contribution is -2.50. The Balaban J connectivity index is 2.35. The third-order valence-electron chi connectivity index (χ3n) is 4.46. The van der Waals surface area contributed by atoms with Gasteiger partial charge in [0.25, 0.3) is 0 Å². The van der Waals surface area contributed by atoms with E-state index in [4.69, 9.17) is 17.3 Å². The highest BCUT2D eigenvalue weighted by Crippen LogP contribution is 2.32. The zero-order valence-electron chi connectivity index (χ0n) is 13.9. The molecule has 0 spiro atoms. The van der Waals surface area contributed by atoms with E-state index in [2.05, 4.69) is 0 Å². The van der Waals surface area contributed by atoms with Crippen molar-refractivity contribution in [1.29, 1.82) is 0 Å². The maximum absolute atomic E-state index is 13.0. The molecule has 1 saturated carbocycles. The van der Waals surface area contributed by atoms with E-state index in [0.717, 1.165) is 23.6 Å². The number of alkyl halides is 3. The maximum atomic E-state index is 13.0. The van der Waals surface area contributed by atoms with E-state index in [-0.39, 0.29) is 17.4 Å². The number of sulfonamides is 1.